The lowest BCUT2D eigenvalue weighted by Gasteiger charge is -2.50. The smallest absolute Gasteiger partial charge is 0.238 e. The van der Waals surface area contributed by atoms with Crippen molar-refractivity contribution in [1.29, 1.82) is 0 Å². The van der Waals surface area contributed by atoms with Gasteiger partial charge in [0, 0.05) is 55.1 Å². The monoisotopic (exact) mass is 1040 g/mol. The summed E-state index contributed by atoms with van der Waals surface area (Å²) in [6, 6.07) is 78.7. The Hall–Kier alpha value is -9.44. The molecule has 79 heavy (non-hydrogen) atoms. The number of furan rings is 2. The fourth-order valence-corrected chi connectivity index (χ4v) is 19.0. The second kappa shape index (κ2) is 17.3. The molecule has 0 amide bonds. The van der Waals surface area contributed by atoms with E-state index in [0.29, 0.717) is 17.6 Å². The average molecular weight is 1040 g/mol. The molecule has 0 bridgehead atoms. The molecule has 1 saturated carbocycles. The van der Waals surface area contributed by atoms with Gasteiger partial charge in [0.25, 0.3) is 0 Å². The Morgan fingerprint density at radius 1 is 0.443 bits per heavy atom. The van der Waals surface area contributed by atoms with E-state index in [2.05, 4.69) is 236 Å². The van der Waals surface area contributed by atoms with Crippen LogP contribution in [0.15, 0.2) is 240 Å². The van der Waals surface area contributed by atoms with Crippen molar-refractivity contribution in [2.24, 2.45) is 0 Å². The molecule has 0 radical (unpaired) electrons. The molecule has 9 aromatic carbocycles. The summed E-state index contributed by atoms with van der Waals surface area (Å²) in [5.74, 6) is 1.73. The van der Waals surface area contributed by atoms with Crippen LogP contribution in [0.1, 0.15) is 45.1 Å². The largest absolute Gasteiger partial charge is 0.456 e. The zero-order valence-corrected chi connectivity index (χ0v) is 44.8. The Balaban J connectivity index is 0.972. The molecule has 0 N–H and O–H groups in total. The maximum Gasteiger partial charge on any atom is 0.238 e. The van der Waals surface area contributed by atoms with Gasteiger partial charge < -0.3 is 13.7 Å². The Bertz CT molecular complexity index is 4600. The molecule has 6 heterocycles. The van der Waals surface area contributed by atoms with Crippen molar-refractivity contribution in [3.05, 3.63) is 236 Å². The van der Waals surface area contributed by atoms with Crippen LogP contribution >= 0.6 is 0 Å². The summed E-state index contributed by atoms with van der Waals surface area (Å²) in [5.41, 5.74) is 10.6. The first-order valence-corrected chi connectivity index (χ1v) is 29.5. The molecule has 378 valence electrons. The van der Waals surface area contributed by atoms with Crippen molar-refractivity contribution in [1.82, 2.24) is 24.5 Å². The first-order chi connectivity index (χ1) is 38.9. The highest BCUT2D eigenvalue weighted by Crippen LogP contribution is 2.61. The molecule has 2 atom stereocenters. The molecule has 2 unspecified atom stereocenters. The topological polar surface area (TPSA) is 86.0 Å². The molecule has 1 aliphatic carbocycles. The molecule has 0 saturated heterocycles. The van der Waals surface area contributed by atoms with E-state index in [0.717, 1.165) is 107 Å². The number of hydrogen-bond acceptors (Lipinski definition) is 7. The number of hydrogen-bond donors (Lipinski definition) is 0. The normalized spacial score (nSPS) is 17.4. The number of nitrogens with zero attached hydrogens (tertiary/aromatic N) is 6. The van der Waals surface area contributed by atoms with Crippen molar-refractivity contribution < 1.29 is 8.83 Å². The number of fused-ring (bicyclic) bond motifs is 12. The second-order valence-electron chi connectivity index (χ2n) is 22.0. The van der Waals surface area contributed by atoms with Crippen molar-refractivity contribution in [2.75, 3.05) is 4.90 Å². The van der Waals surface area contributed by atoms with Gasteiger partial charge in [0.05, 0.1) is 34.1 Å². The molecular formula is C70H52N6O2Si. The molecule has 14 aromatic rings. The summed E-state index contributed by atoms with van der Waals surface area (Å²) in [7, 11) is -3.30. The minimum atomic E-state index is -3.30. The van der Waals surface area contributed by atoms with Crippen LogP contribution in [-0.2, 0) is 5.41 Å². The quantitative estimate of drug-likeness (QED) is 0.111. The fraction of sp³-hybridized carbons (Fsp3) is 0.114. The van der Waals surface area contributed by atoms with E-state index in [9.17, 15) is 0 Å². The van der Waals surface area contributed by atoms with E-state index in [1.807, 2.05) is 18.3 Å². The lowest BCUT2D eigenvalue weighted by atomic mass is 9.61. The van der Waals surface area contributed by atoms with Crippen molar-refractivity contribution in [3.63, 3.8) is 0 Å². The molecular weight excluding hydrogens is 985 g/mol. The maximum absolute atomic E-state index is 6.52. The minimum Gasteiger partial charge on any atom is -0.456 e. The molecule has 1 aliphatic heterocycles. The molecule has 0 spiro atoms. The highest BCUT2D eigenvalue weighted by atomic mass is 28.3. The van der Waals surface area contributed by atoms with Crippen LogP contribution in [0.5, 0.6) is 0 Å². The van der Waals surface area contributed by atoms with E-state index < -0.39 is 8.07 Å². The lowest BCUT2D eigenvalue weighted by molar-refractivity contribution is 0.195. The molecule has 8 nitrogen and oxygen atoms in total. The van der Waals surface area contributed by atoms with E-state index in [-0.39, 0.29) is 11.0 Å². The summed E-state index contributed by atoms with van der Waals surface area (Å²) in [5, 5.41) is 11.5. The molecule has 2 aliphatic rings. The molecule has 9 heteroatoms. The molecule has 5 aromatic heterocycles. The van der Waals surface area contributed by atoms with Crippen LogP contribution in [0.2, 0.25) is 0 Å². The van der Waals surface area contributed by atoms with Gasteiger partial charge in [0.15, 0.2) is 19.7 Å². The zero-order chi connectivity index (χ0) is 52.5. The van der Waals surface area contributed by atoms with Crippen LogP contribution in [0.25, 0.3) is 94.4 Å². The minimum absolute atomic E-state index is 0.0743. The summed E-state index contributed by atoms with van der Waals surface area (Å²) >= 11 is 0. The average Bonchev–Trinajstić information content (AvgIpc) is 4.33. The van der Waals surface area contributed by atoms with E-state index >= 15 is 0 Å². The number of anilines is 2. The van der Waals surface area contributed by atoms with Gasteiger partial charge in [-0.15, -0.1) is 0 Å². The maximum atomic E-state index is 6.52. The van der Waals surface area contributed by atoms with Gasteiger partial charge in [0.1, 0.15) is 22.3 Å². The van der Waals surface area contributed by atoms with Crippen LogP contribution in [0, 0.1) is 0 Å². The van der Waals surface area contributed by atoms with Gasteiger partial charge in [-0.05, 0) is 101 Å². The third kappa shape index (κ3) is 6.60. The van der Waals surface area contributed by atoms with Crippen LogP contribution in [0.4, 0.5) is 11.4 Å². The van der Waals surface area contributed by atoms with Crippen molar-refractivity contribution in [2.45, 2.75) is 50.5 Å². The third-order valence-corrected chi connectivity index (χ3v) is 22.8. The highest BCUT2D eigenvalue weighted by Gasteiger charge is 2.58. The first-order valence-electron chi connectivity index (χ1n) is 27.5. The number of pyridine rings is 1. The van der Waals surface area contributed by atoms with Gasteiger partial charge in [-0.3, -0.25) is 9.55 Å². The van der Waals surface area contributed by atoms with Crippen molar-refractivity contribution in [3.8, 4) is 28.7 Å². The van der Waals surface area contributed by atoms with E-state index in [1.54, 1.807) is 0 Å². The van der Waals surface area contributed by atoms with Crippen LogP contribution < -0.4 is 25.6 Å². The third-order valence-electron chi connectivity index (χ3n) is 18.1. The zero-order valence-electron chi connectivity index (χ0n) is 43.8. The van der Waals surface area contributed by atoms with Crippen LogP contribution in [0.3, 0.4) is 0 Å². The van der Waals surface area contributed by atoms with E-state index in [1.165, 1.54) is 32.7 Å². The Morgan fingerprint density at radius 2 is 1.00 bits per heavy atom. The van der Waals surface area contributed by atoms with Gasteiger partial charge >= 0.3 is 0 Å². The number of aromatic nitrogens is 5. The summed E-state index contributed by atoms with van der Waals surface area (Å²) in [4.78, 5) is 24.2. The summed E-state index contributed by atoms with van der Waals surface area (Å²) in [6.07, 6.45) is 8.54. The summed E-state index contributed by atoms with van der Waals surface area (Å²) in [6.45, 7) is 4.92. The van der Waals surface area contributed by atoms with Gasteiger partial charge in [-0.2, -0.15) is 9.97 Å². The van der Waals surface area contributed by atoms with Gasteiger partial charge in [-0.1, -0.05) is 184 Å². The van der Waals surface area contributed by atoms with E-state index in [4.69, 9.17) is 28.8 Å². The predicted molar refractivity (Wildman–Crippen MR) is 324 cm³/mol. The van der Waals surface area contributed by atoms with Crippen molar-refractivity contribution >= 4 is 106 Å². The Morgan fingerprint density at radius 3 is 1.70 bits per heavy atom. The number of rotatable bonds is 8. The Labute approximate surface area is 457 Å². The standard InChI is InChI=1S/C70H52N6O2Si/c1-69-38-16-17-39-70(69,2)76(61-44-71-40-37-57(61)69)60-30-13-8-27-54(60)67-72-66(73-68(74-67)75-58-28-11-6-23-50(58)51-24-7-12-29-59(51)75)45-19-18-22-47(41-45)79(46-20-4-3-5-21-46,48-33-35-64-55(42-48)52-25-9-14-31-62(52)77-64)49-34-36-65-56(43-49)53-26-10-15-32-63(53)78-65/h3-15,18-37,40-44H,16-17,38-39H2,1-2H3. The Kier molecular flexibility index (Phi) is 10.0. The molecule has 1 fully saturated rings. The second-order valence-corrected chi connectivity index (χ2v) is 25.8. The first kappa shape index (κ1) is 45.7. The summed E-state index contributed by atoms with van der Waals surface area (Å²) < 4.78 is 15.3. The SMILES string of the molecule is CC12CCCCC1(C)N(c1ccccc1-c1nc(-c3cccc([Si](c4ccccc4)(c4ccc5oc6ccccc6c5c4)c4ccc5oc6ccccc6c5c4)c3)nc(-n3c4ccccc4c4ccccc43)n1)c1cnccc12. The van der Waals surface area contributed by atoms with Crippen LogP contribution in [-0.4, -0.2) is 38.1 Å². The lowest BCUT2D eigenvalue weighted by Crippen LogP contribution is -2.74. The van der Waals surface area contributed by atoms with Gasteiger partial charge in [0.2, 0.25) is 5.95 Å². The fourth-order valence-electron chi connectivity index (χ4n) is 14.2. The molecule has 16 rings (SSSR count). The number of para-hydroxylation sites is 5. The highest BCUT2D eigenvalue weighted by molar-refractivity contribution is 7.20. The van der Waals surface area contributed by atoms with Gasteiger partial charge in [-0.25, -0.2) is 4.98 Å². The predicted octanol–water partition coefficient (Wildman–Crippen LogP) is 14.6. The number of benzene rings is 9.